The minimum absolute atomic E-state index is 0. The number of halogens is 1. The zero-order chi connectivity index (χ0) is 16.8. The number of hydrogen-bond donors (Lipinski definition) is 1. The van der Waals surface area contributed by atoms with E-state index in [1.54, 1.807) is 18.4 Å². The Bertz CT molecular complexity index is 669. The lowest BCUT2D eigenvalue weighted by Gasteiger charge is -2.37. The fourth-order valence-electron chi connectivity index (χ4n) is 2.88. The number of thiophene rings is 1. The van der Waals surface area contributed by atoms with E-state index in [0.29, 0.717) is 0 Å². The number of aliphatic imine (C=N–C) groups is 1. The van der Waals surface area contributed by atoms with E-state index < -0.39 is 0 Å². The number of hydrogen-bond acceptors (Lipinski definition) is 4. The molecule has 0 amide bonds. The van der Waals surface area contributed by atoms with Gasteiger partial charge in [-0.05, 0) is 35.2 Å². The van der Waals surface area contributed by atoms with E-state index >= 15 is 0 Å². The van der Waals surface area contributed by atoms with E-state index in [2.05, 4.69) is 49.8 Å². The smallest absolute Gasteiger partial charge is 0.194 e. The van der Waals surface area contributed by atoms with Gasteiger partial charge in [-0.2, -0.15) is 0 Å². The first-order chi connectivity index (χ1) is 11.8. The highest BCUT2D eigenvalue weighted by atomic mass is 127. The minimum Gasteiger partial charge on any atom is -0.497 e. The summed E-state index contributed by atoms with van der Waals surface area (Å²) < 4.78 is 5.28. The largest absolute Gasteiger partial charge is 0.497 e. The van der Waals surface area contributed by atoms with E-state index in [1.165, 1.54) is 10.6 Å². The summed E-state index contributed by atoms with van der Waals surface area (Å²) in [5.74, 6) is 1.84. The van der Waals surface area contributed by atoms with Crippen LogP contribution in [0.3, 0.4) is 0 Å². The van der Waals surface area contributed by atoms with Crippen LogP contribution in [0.5, 0.6) is 5.75 Å². The normalized spacial score (nSPS) is 14.9. The highest BCUT2D eigenvalue weighted by Gasteiger charge is 2.20. The maximum absolute atomic E-state index is 5.28. The number of benzene rings is 1. The van der Waals surface area contributed by atoms with Crippen molar-refractivity contribution in [1.29, 1.82) is 0 Å². The predicted octanol–water partition coefficient (Wildman–Crippen LogP) is 3.27. The molecule has 0 aliphatic carbocycles. The summed E-state index contributed by atoms with van der Waals surface area (Å²) in [5.41, 5.74) is 1.19. The lowest BCUT2D eigenvalue weighted by molar-refractivity contribution is 0.373. The monoisotopic (exact) mass is 472 g/mol. The van der Waals surface area contributed by atoms with Crippen molar-refractivity contribution in [3.05, 3.63) is 47.3 Å². The van der Waals surface area contributed by atoms with Crippen molar-refractivity contribution in [2.45, 2.75) is 6.54 Å². The number of rotatable bonds is 4. The Morgan fingerprint density at radius 2 is 2.00 bits per heavy atom. The third-order valence-electron chi connectivity index (χ3n) is 4.19. The molecule has 0 spiro atoms. The van der Waals surface area contributed by atoms with Crippen LogP contribution >= 0.6 is 35.3 Å². The molecule has 7 heteroatoms. The number of piperazine rings is 1. The van der Waals surface area contributed by atoms with E-state index in [9.17, 15) is 0 Å². The fraction of sp³-hybridized carbons (Fsp3) is 0.389. The Morgan fingerprint density at radius 3 is 2.64 bits per heavy atom. The number of methoxy groups -OCH3 is 1. The second kappa shape index (κ2) is 9.86. The predicted molar refractivity (Wildman–Crippen MR) is 117 cm³/mol. The number of nitrogens with zero attached hydrogens (tertiary/aromatic N) is 3. The summed E-state index contributed by atoms with van der Waals surface area (Å²) >= 11 is 1.81. The molecule has 25 heavy (non-hydrogen) atoms. The summed E-state index contributed by atoms with van der Waals surface area (Å²) in [6.45, 7) is 4.77. The van der Waals surface area contributed by atoms with Gasteiger partial charge in [0.05, 0.1) is 12.1 Å². The highest BCUT2D eigenvalue weighted by Crippen LogP contribution is 2.22. The van der Waals surface area contributed by atoms with Gasteiger partial charge in [-0.15, -0.1) is 35.3 Å². The van der Waals surface area contributed by atoms with Crippen molar-refractivity contribution in [3.63, 3.8) is 0 Å². The quantitative estimate of drug-likeness (QED) is 0.422. The average Bonchev–Trinajstić information content (AvgIpc) is 3.18. The molecule has 0 radical (unpaired) electrons. The first kappa shape index (κ1) is 19.8. The van der Waals surface area contributed by atoms with Crippen molar-refractivity contribution in [3.8, 4) is 5.75 Å². The maximum atomic E-state index is 5.28. The first-order valence-corrected chi connectivity index (χ1v) is 9.05. The van der Waals surface area contributed by atoms with Gasteiger partial charge in [0, 0.05) is 39.8 Å². The molecular weight excluding hydrogens is 447 g/mol. The molecule has 1 saturated heterocycles. The third kappa shape index (κ3) is 5.24. The van der Waals surface area contributed by atoms with Crippen molar-refractivity contribution >= 4 is 46.3 Å². The van der Waals surface area contributed by atoms with Crippen LogP contribution in [0.25, 0.3) is 0 Å². The molecule has 3 rings (SSSR count). The molecule has 1 aliphatic heterocycles. The highest BCUT2D eigenvalue weighted by molar-refractivity contribution is 14.0. The molecule has 1 aromatic heterocycles. The SMILES string of the molecule is CN=C(NCc1cccc(OC)c1)N1CCN(c2cccs2)CC1.I. The molecule has 1 N–H and O–H groups in total. The van der Waals surface area contributed by atoms with Crippen LogP contribution in [0.4, 0.5) is 5.00 Å². The minimum atomic E-state index is 0. The Morgan fingerprint density at radius 1 is 1.20 bits per heavy atom. The van der Waals surface area contributed by atoms with Crippen LogP contribution in [0.1, 0.15) is 5.56 Å². The number of ether oxygens (including phenoxy) is 1. The molecular formula is C18H25IN4OS. The molecule has 136 valence electrons. The Kier molecular flexibility index (Phi) is 7.83. The van der Waals surface area contributed by atoms with Gasteiger partial charge in [-0.25, -0.2) is 0 Å². The Balaban J connectivity index is 0.00000225. The van der Waals surface area contributed by atoms with Gasteiger partial charge in [-0.1, -0.05) is 12.1 Å². The summed E-state index contributed by atoms with van der Waals surface area (Å²) in [5, 5.41) is 6.95. The topological polar surface area (TPSA) is 40.1 Å². The van der Waals surface area contributed by atoms with E-state index in [-0.39, 0.29) is 24.0 Å². The molecule has 2 heterocycles. The van der Waals surface area contributed by atoms with Gasteiger partial charge < -0.3 is 19.9 Å². The molecule has 0 atom stereocenters. The van der Waals surface area contributed by atoms with Gasteiger partial charge in [0.25, 0.3) is 0 Å². The Labute approximate surface area is 170 Å². The van der Waals surface area contributed by atoms with Gasteiger partial charge in [-0.3, -0.25) is 4.99 Å². The number of anilines is 1. The molecule has 0 saturated carbocycles. The first-order valence-electron chi connectivity index (χ1n) is 8.17. The van der Waals surface area contributed by atoms with E-state index in [1.807, 2.05) is 19.2 Å². The summed E-state index contributed by atoms with van der Waals surface area (Å²) in [6.07, 6.45) is 0. The molecule has 0 unspecified atom stereocenters. The standard InChI is InChI=1S/C18H24N4OS.HI/c1-19-18(20-14-15-5-3-6-16(13-15)23-2)22-10-8-21(9-11-22)17-7-4-12-24-17;/h3-7,12-13H,8-11,14H2,1-2H3,(H,19,20);1H. The van der Waals surface area contributed by atoms with Crippen LogP contribution in [-0.4, -0.2) is 51.2 Å². The van der Waals surface area contributed by atoms with Crippen molar-refractivity contribution in [2.75, 3.05) is 45.2 Å². The van der Waals surface area contributed by atoms with Crippen LogP contribution in [-0.2, 0) is 6.54 Å². The lowest BCUT2D eigenvalue weighted by Crippen LogP contribution is -2.52. The summed E-state index contributed by atoms with van der Waals surface area (Å²) in [4.78, 5) is 9.21. The molecule has 1 fully saturated rings. The third-order valence-corrected chi connectivity index (χ3v) is 5.12. The molecule has 2 aromatic rings. The second-order valence-corrected chi connectivity index (χ2v) is 6.60. The van der Waals surface area contributed by atoms with E-state index in [0.717, 1.165) is 44.4 Å². The zero-order valence-electron chi connectivity index (χ0n) is 14.6. The van der Waals surface area contributed by atoms with Crippen LogP contribution in [0.15, 0.2) is 46.8 Å². The van der Waals surface area contributed by atoms with Crippen LogP contribution < -0.4 is 15.0 Å². The molecule has 1 aromatic carbocycles. The van der Waals surface area contributed by atoms with Crippen molar-refractivity contribution in [1.82, 2.24) is 10.2 Å². The lowest BCUT2D eigenvalue weighted by atomic mass is 10.2. The molecule has 0 bridgehead atoms. The van der Waals surface area contributed by atoms with Crippen LogP contribution in [0.2, 0.25) is 0 Å². The van der Waals surface area contributed by atoms with Crippen molar-refractivity contribution < 1.29 is 4.74 Å². The van der Waals surface area contributed by atoms with Gasteiger partial charge >= 0.3 is 0 Å². The maximum Gasteiger partial charge on any atom is 0.194 e. The zero-order valence-corrected chi connectivity index (χ0v) is 17.8. The average molecular weight is 472 g/mol. The number of guanidine groups is 1. The van der Waals surface area contributed by atoms with Crippen LogP contribution in [0, 0.1) is 0 Å². The van der Waals surface area contributed by atoms with Gasteiger partial charge in [0.15, 0.2) is 5.96 Å². The fourth-order valence-corrected chi connectivity index (χ4v) is 3.67. The molecule has 1 aliphatic rings. The summed E-state index contributed by atoms with van der Waals surface area (Å²) in [7, 11) is 3.54. The van der Waals surface area contributed by atoms with Crippen molar-refractivity contribution in [2.24, 2.45) is 4.99 Å². The van der Waals surface area contributed by atoms with Gasteiger partial charge in [0.1, 0.15) is 5.75 Å². The number of nitrogens with one attached hydrogen (secondary N) is 1. The van der Waals surface area contributed by atoms with Gasteiger partial charge in [0.2, 0.25) is 0 Å². The Hall–Kier alpha value is -1.48. The molecule has 5 nitrogen and oxygen atoms in total. The summed E-state index contributed by atoms with van der Waals surface area (Å²) in [6, 6.07) is 12.4. The van der Waals surface area contributed by atoms with E-state index in [4.69, 9.17) is 4.74 Å². The second-order valence-electron chi connectivity index (χ2n) is 5.68.